The Morgan fingerprint density at radius 2 is 2.33 bits per heavy atom. The van der Waals surface area contributed by atoms with Gasteiger partial charge in [-0.1, -0.05) is 12.1 Å². The molecule has 1 heterocycles. The lowest BCUT2D eigenvalue weighted by molar-refractivity contribution is 0.738. The Bertz CT molecular complexity index is 253. The lowest BCUT2D eigenvalue weighted by Crippen LogP contribution is -2.09. The fraction of sp³-hybridized carbons (Fsp3) is 0.222. The molecule has 1 rings (SSSR count). The van der Waals surface area contributed by atoms with Crippen LogP contribution in [0.15, 0.2) is 31.0 Å². The van der Waals surface area contributed by atoms with E-state index in [4.69, 9.17) is 11.5 Å². The van der Waals surface area contributed by atoms with E-state index in [-0.39, 0.29) is 6.04 Å². The van der Waals surface area contributed by atoms with Crippen molar-refractivity contribution < 1.29 is 0 Å². The van der Waals surface area contributed by atoms with Gasteiger partial charge in [0.1, 0.15) is 5.82 Å². The maximum Gasteiger partial charge on any atom is 0.123 e. The Kier molecular flexibility index (Phi) is 2.82. The van der Waals surface area contributed by atoms with Crippen LogP contribution in [0.1, 0.15) is 18.0 Å². The molecule has 64 valence electrons. The van der Waals surface area contributed by atoms with Crippen molar-refractivity contribution in [3.63, 3.8) is 0 Å². The smallest absolute Gasteiger partial charge is 0.123 e. The topological polar surface area (TPSA) is 64.9 Å². The highest BCUT2D eigenvalue weighted by Crippen LogP contribution is 2.13. The molecule has 12 heavy (non-hydrogen) atoms. The summed E-state index contributed by atoms with van der Waals surface area (Å²) < 4.78 is 0. The van der Waals surface area contributed by atoms with E-state index in [1.165, 1.54) is 0 Å². The minimum Gasteiger partial charge on any atom is -0.384 e. The van der Waals surface area contributed by atoms with E-state index in [0.29, 0.717) is 5.82 Å². The minimum atomic E-state index is -0.0180. The Morgan fingerprint density at radius 3 is 2.83 bits per heavy atom. The number of nitrogen functional groups attached to an aromatic ring is 1. The summed E-state index contributed by atoms with van der Waals surface area (Å²) >= 11 is 0. The molecule has 0 aromatic carbocycles. The summed E-state index contributed by atoms with van der Waals surface area (Å²) in [6.07, 6.45) is 4.25. The second-order valence-electron chi connectivity index (χ2n) is 2.65. The van der Waals surface area contributed by atoms with E-state index in [0.717, 1.165) is 12.0 Å². The molecule has 0 saturated heterocycles. The zero-order chi connectivity index (χ0) is 8.97. The van der Waals surface area contributed by atoms with Gasteiger partial charge in [-0.2, -0.15) is 0 Å². The molecule has 1 aromatic heterocycles. The standard InChI is InChI=1S/C9H13N3/c1-2-3-8(10)7-4-5-9(11)12-6-7/h2,4-6,8H,1,3,10H2,(H2,11,12)/t8-/m0/s1. The van der Waals surface area contributed by atoms with Gasteiger partial charge in [-0.05, 0) is 18.1 Å². The molecular weight excluding hydrogens is 150 g/mol. The Labute approximate surface area is 72.1 Å². The van der Waals surface area contributed by atoms with Crippen molar-refractivity contribution >= 4 is 5.82 Å². The van der Waals surface area contributed by atoms with E-state index >= 15 is 0 Å². The van der Waals surface area contributed by atoms with E-state index < -0.39 is 0 Å². The van der Waals surface area contributed by atoms with E-state index in [2.05, 4.69) is 11.6 Å². The van der Waals surface area contributed by atoms with Gasteiger partial charge in [-0.3, -0.25) is 0 Å². The van der Waals surface area contributed by atoms with Gasteiger partial charge in [0.2, 0.25) is 0 Å². The van der Waals surface area contributed by atoms with Gasteiger partial charge >= 0.3 is 0 Å². The van der Waals surface area contributed by atoms with Gasteiger partial charge in [0.05, 0.1) is 0 Å². The third kappa shape index (κ3) is 2.07. The quantitative estimate of drug-likeness (QED) is 0.659. The lowest BCUT2D eigenvalue weighted by atomic mass is 10.1. The van der Waals surface area contributed by atoms with Crippen LogP contribution < -0.4 is 11.5 Å². The van der Waals surface area contributed by atoms with Crippen LogP contribution in [-0.4, -0.2) is 4.98 Å². The first kappa shape index (κ1) is 8.74. The van der Waals surface area contributed by atoms with Gasteiger partial charge in [0.25, 0.3) is 0 Å². The maximum absolute atomic E-state index is 5.80. The number of nitrogens with two attached hydrogens (primary N) is 2. The molecule has 0 aliphatic carbocycles. The monoisotopic (exact) mass is 163 g/mol. The van der Waals surface area contributed by atoms with Crippen LogP contribution in [0.25, 0.3) is 0 Å². The number of nitrogens with zero attached hydrogens (tertiary/aromatic N) is 1. The van der Waals surface area contributed by atoms with Gasteiger partial charge in [0.15, 0.2) is 0 Å². The van der Waals surface area contributed by atoms with Crippen LogP contribution in [0.2, 0.25) is 0 Å². The van der Waals surface area contributed by atoms with Gasteiger partial charge in [0, 0.05) is 12.2 Å². The molecular formula is C9H13N3. The van der Waals surface area contributed by atoms with Gasteiger partial charge < -0.3 is 11.5 Å². The number of aromatic nitrogens is 1. The zero-order valence-corrected chi connectivity index (χ0v) is 6.90. The fourth-order valence-electron chi connectivity index (χ4n) is 0.952. The summed E-state index contributed by atoms with van der Waals surface area (Å²) in [5, 5.41) is 0. The summed E-state index contributed by atoms with van der Waals surface area (Å²) in [5.74, 6) is 0.518. The summed E-state index contributed by atoms with van der Waals surface area (Å²) in [4.78, 5) is 3.95. The summed E-state index contributed by atoms with van der Waals surface area (Å²) in [6, 6.07) is 3.62. The predicted molar refractivity (Wildman–Crippen MR) is 50.4 cm³/mol. The van der Waals surface area contributed by atoms with Crippen LogP contribution in [-0.2, 0) is 0 Å². The SMILES string of the molecule is C=CC[C@H](N)c1ccc(N)nc1. The Morgan fingerprint density at radius 1 is 1.58 bits per heavy atom. The van der Waals surface area contributed by atoms with Crippen LogP contribution in [0.3, 0.4) is 0 Å². The van der Waals surface area contributed by atoms with E-state index in [9.17, 15) is 0 Å². The molecule has 3 heteroatoms. The number of rotatable bonds is 3. The molecule has 0 radical (unpaired) electrons. The molecule has 0 amide bonds. The normalized spacial score (nSPS) is 12.4. The lowest BCUT2D eigenvalue weighted by Gasteiger charge is -2.07. The Hall–Kier alpha value is -1.35. The molecule has 0 unspecified atom stereocenters. The summed E-state index contributed by atoms with van der Waals surface area (Å²) in [6.45, 7) is 3.62. The van der Waals surface area contributed by atoms with Crippen molar-refractivity contribution in [3.8, 4) is 0 Å². The van der Waals surface area contributed by atoms with Crippen LogP contribution in [0, 0.1) is 0 Å². The summed E-state index contributed by atoms with van der Waals surface area (Å²) in [5.41, 5.74) is 12.2. The first-order chi connectivity index (χ1) is 5.74. The first-order valence-corrected chi connectivity index (χ1v) is 3.82. The molecule has 0 fully saturated rings. The average molecular weight is 163 g/mol. The number of hydrogen-bond donors (Lipinski definition) is 2. The highest BCUT2D eigenvalue weighted by molar-refractivity contribution is 5.30. The third-order valence-corrected chi connectivity index (χ3v) is 1.66. The third-order valence-electron chi connectivity index (χ3n) is 1.66. The van der Waals surface area contributed by atoms with Crippen molar-refractivity contribution in [2.24, 2.45) is 5.73 Å². The number of hydrogen-bond acceptors (Lipinski definition) is 3. The Balaban J connectivity index is 2.74. The number of pyridine rings is 1. The van der Waals surface area contributed by atoms with Crippen LogP contribution in [0.5, 0.6) is 0 Å². The minimum absolute atomic E-state index is 0.0180. The van der Waals surface area contributed by atoms with E-state index in [1.807, 2.05) is 6.07 Å². The molecule has 1 aromatic rings. The molecule has 0 saturated carbocycles. The van der Waals surface area contributed by atoms with Crippen LogP contribution in [0.4, 0.5) is 5.82 Å². The summed E-state index contributed by atoms with van der Waals surface area (Å²) in [7, 11) is 0. The van der Waals surface area contributed by atoms with Crippen molar-refractivity contribution in [1.29, 1.82) is 0 Å². The van der Waals surface area contributed by atoms with Gasteiger partial charge in [-0.15, -0.1) is 6.58 Å². The average Bonchev–Trinajstić information content (AvgIpc) is 2.06. The van der Waals surface area contributed by atoms with Crippen molar-refractivity contribution in [1.82, 2.24) is 4.98 Å². The highest BCUT2D eigenvalue weighted by Gasteiger charge is 2.02. The molecule has 0 bridgehead atoms. The van der Waals surface area contributed by atoms with E-state index in [1.54, 1.807) is 18.3 Å². The maximum atomic E-state index is 5.80. The van der Waals surface area contributed by atoms with Gasteiger partial charge in [-0.25, -0.2) is 4.98 Å². The highest BCUT2D eigenvalue weighted by atomic mass is 14.8. The zero-order valence-electron chi connectivity index (χ0n) is 6.90. The second kappa shape index (κ2) is 3.88. The molecule has 1 atom stereocenters. The molecule has 3 nitrogen and oxygen atoms in total. The van der Waals surface area contributed by atoms with Crippen LogP contribution >= 0.6 is 0 Å². The number of anilines is 1. The fourth-order valence-corrected chi connectivity index (χ4v) is 0.952. The van der Waals surface area contributed by atoms with Crippen molar-refractivity contribution in [2.75, 3.05) is 5.73 Å². The largest absolute Gasteiger partial charge is 0.384 e. The molecule has 0 spiro atoms. The first-order valence-electron chi connectivity index (χ1n) is 3.82. The molecule has 0 aliphatic rings. The van der Waals surface area contributed by atoms with Crippen molar-refractivity contribution in [3.05, 3.63) is 36.5 Å². The molecule has 0 aliphatic heterocycles. The predicted octanol–water partition coefficient (Wildman–Crippen LogP) is 1.24. The molecule has 4 N–H and O–H groups in total. The van der Waals surface area contributed by atoms with Crippen molar-refractivity contribution in [2.45, 2.75) is 12.5 Å². The second-order valence-corrected chi connectivity index (χ2v) is 2.65.